The smallest absolute Gasteiger partial charge is 0.344 e. The van der Waals surface area contributed by atoms with E-state index in [1.54, 1.807) is 56.5 Å². The maximum absolute atomic E-state index is 11.4. The molecule has 0 N–H and O–H groups in total. The minimum atomic E-state index is -0.463. The van der Waals surface area contributed by atoms with Crippen LogP contribution in [0.25, 0.3) is 0 Å². The SMILES string of the molecule is CC(C)OC(=O)COc1ccc(C=Nc2cccc([N+](=O)[O-])c2)cc1. The second-order valence-electron chi connectivity index (χ2n) is 5.43. The Bertz CT molecular complexity index is 769. The number of hydrogen-bond donors (Lipinski definition) is 0. The Balaban J connectivity index is 1.95. The van der Waals surface area contributed by atoms with Crippen LogP contribution in [0, 0.1) is 10.1 Å². The topological polar surface area (TPSA) is 91.0 Å². The first-order chi connectivity index (χ1) is 11.9. The number of non-ortho nitro benzene ring substituents is 1. The molecule has 0 fully saturated rings. The van der Waals surface area contributed by atoms with E-state index in [0.717, 1.165) is 5.56 Å². The van der Waals surface area contributed by atoms with E-state index in [0.29, 0.717) is 11.4 Å². The van der Waals surface area contributed by atoms with Crippen molar-refractivity contribution in [3.05, 3.63) is 64.2 Å². The standard InChI is InChI=1S/C18H18N2O5/c1-13(2)25-18(21)12-24-17-8-6-14(7-9-17)11-19-15-4-3-5-16(10-15)20(22)23/h3-11,13H,12H2,1-2H3. The molecule has 0 radical (unpaired) electrons. The summed E-state index contributed by atoms with van der Waals surface area (Å²) in [5.74, 6) is 0.111. The number of rotatable bonds is 7. The zero-order valence-corrected chi connectivity index (χ0v) is 13.9. The molecule has 0 spiro atoms. The molecule has 0 aliphatic heterocycles. The van der Waals surface area contributed by atoms with Crippen molar-refractivity contribution in [2.75, 3.05) is 6.61 Å². The van der Waals surface area contributed by atoms with Gasteiger partial charge in [-0.25, -0.2) is 4.79 Å². The third-order valence-electron chi connectivity index (χ3n) is 3.01. The van der Waals surface area contributed by atoms with Gasteiger partial charge in [-0.3, -0.25) is 15.1 Å². The molecule has 0 heterocycles. The number of ether oxygens (including phenoxy) is 2. The van der Waals surface area contributed by atoms with Crippen molar-refractivity contribution in [1.29, 1.82) is 0 Å². The first-order valence-corrected chi connectivity index (χ1v) is 7.65. The number of benzene rings is 2. The van der Waals surface area contributed by atoms with Gasteiger partial charge in [0.1, 0.15) is 5.75 Å². The summed E-state index contributed by atoms with van der Waals surface area (Å²) < 4.78 is 10.3. The van der Waals surface area contributed by atoms with Gasteiger partial charge in [-0.1, -0.05) is 6.07 Å². The highest BCUT2D eigenvalue weighted by molar-refractivity contribution is 5.82. The molecular weight excluding hydrogens is 324 g/mol. The van der Waals surface area contributed by atoms with Gasteiger partial charge < -0.3 is 9.47 Å². The van der Waals surface area contributed by atoms with Crippen LogP contribution in [-0.4, -0.2) is 29.8 Å². The van der Waals surface area contributed by atoms with E-state index in [2.05, 4.69) is 4.99 Å². The summed E-state index contributed by atoms with van der Waals surface area (Å²) in [6.07, 6.45) is 1.42. The van der Waals surface area contributed by atoms with Crippen molar-refractivity contribution in [3.63, 3.8) is 0 Å². The fourth-order valence-corrected chi connectivity index (χ4v) is 1.93. The lowest BCUT2D eigenvalue weighted by atomic mass is 10.2. The number of carbonyl (C=O) groups is 1. The highest BCUT2D eigenvalue weighted by atomic mass is 16.6. The Labute approximate surface area is 145 Å². The van der Waals surface area contributed by atoms with Crippen LogP contribution >= 0.6 is 0 Å². The van der Waals surface area contributed by atoms with Gasteiger partial charge in [-0.05, 0) is 49.7 Å². The molecule has 2 aromatic rings. The molecule has 0 aliphatic rings. The first-order valence-electron chi connectivity index (χ1n) is 7.65. The fraction of sp³-hybridized carbons (Fsp3) is 0.222. The van der Waals surface area contributed by atoms with Crippen LogP contribution in [0.3, 0.4) is 0 Å². The van der Waals surface area contributed by atoms with Crippen LogP contribution in [0.5, 0.6) is 5.75 Å². The van der Waals surface area contributed by atoms with Crippen molar-refractivity contribution >= 4 is 23.6 Å². The summed E-state index contributed by atoms with van der Waals surface area (Å²) in [5.41, 5.74) is 1.28. The number of esters is 1. The van der Waals surface area contributed by atoms with Crippen molar-refractivity contribution in [2.24, 2.45) is 4.99 Å². The van der Waals surface area contributed by atoms with E-state index < -0.39 is 10.9 Å². The molecule has 0 amide bonds. The van der Waals surface area contributed by atoms with Crippen molar-refractivity contribution in [2.45, 2.75) is 20.0 Å². The van der Waals surface area contributed by atoms with Gasteiger partial charge in [-0.15, -0.1) is 0 Å². The second-order valence-corrected chi connectivity index (χ2v) is 5.43. The molecule has 130 valence electrons. The van der Waals surface area contributed by atoms with Crippen molar-refractivity contribution in [1.82, 2.24) is 0 Å². The summed E-state index contributed by atoms with van der Waals surface area (Å²) in [6, 6.07) is 13.0. The summed E-state index contributed by atoms with van der Waals surface area (Å²) in [6.45, 7) is 3.39. The fourth-order valence-electron chi connectivity index (χ4n) is 1.93. The van der Waals surface area contributed by atoms with Gasteiger partial charge in [0.05, 0.1) is 16.7 Å². The molecule has 0 aromatic heterocycles. The van der Waals surface area contributed by atoms with E-state index >= 15 is 0 Å². The lowest BCUT2D eigenvalue weighted by Gasteiger charge is -2.09. The first kappa shape index (κ1) is 18.1. The Morgan fingerprint density at radius 1 is 1.24 bits per heavy atom. The molecule has 0 unspecified atom stereocenters. The van der Waals surface area contributed by atoms with Gasteiger partial charge in [0.25, 0.3) is 5.69 Å². The Kier molecular flexibility index (Phi) is 6.22. The Hall–Kier alpha value is -3.22. The van der Waals surface area contributed by atoms with Crippen molar-refractivity contribution in [3.8, 4) is 5.75 Å². The summed E-state index contributed by atoms with van der Waals surface area (Å²) in [5, 5.41) is 10.7. The molecule has 7 nitrogen and oxygen atoms in total. The maximum Gasteiger partial charge on any atom is 0.344 e. The monoisotopic (exact) mass is 342 g/mol. The van der Waals surface area contributed by atoms with E-state index in [4.69, 9.17) is 9.47 Å². The van der Waals surface area contributed by atoms with E-state index in [9.17, 15) is 14.9 Å². The van der Waals surface area contributed by atoms with E-state index in [1.807, 2.05) is 0 Å². The van der Waals surface area contributed by atoms with E-state index in [1.165, 1.54) is 12.1 Å². The molecule has 0 saturated heterocycles. The summed E-state index contributed by atoms with van der Waals surface area (Å²) >= 11 is 0. The van der Waals surface area contributed by atoms with Crippen LogP contribution in [0.15, 0.2) is 53.5 Å². The lowest BCUT2D eigenvalue weighted by molar-refractivity contribution is -0.384. The van der Waals surface area contributed by atoms with Crippen LogP contribution in [0.2, 0.25) is 0 Å². The molecule has 25 heavy (non-hydrogen) atoms. The molecular formula is C18H18N2O5. The predicted octanol–water partition coefficient (Wildman–Crippen LogP) is 3.68. The minimum Gasteiger partial charge on any atom is -0.482 e. The van der Waals surface area contributed by atoms with E-state index in [-0.39, 0.29) is 18.4 Å². The number of nitro groups is 1. The highest BCUT2D eigenvalue weighted by Gasteiger charge is 2.06. The van der Waals surface area contributed by atoms with Crippen LogP contribution in [0.4, 0.5) is 11.4 Å². The van der Waals surface area contributed by atoms with Crippen molar-refractivity contribution < 1.29 is 19.2 Å². The van der Waals surface area contributed by atoms with Gasteiger partial charge in [0, 0.05) is 18.3 Å². The molecule has 0 atom stereocenters. The third kappa shape index (κ3) is 6.06. The Morgan fingerprint density at radius 2 is 1.96 bits per heavy atom. The quantitative estimate of drug-likeness (QED) is 0.331. The van der Waals surface area contributed by atoms with Gasteiger partial charge in [0.2, 0.25) is 0 Å². The number of carbonyl (C=O) groups excluding carboxylic acids is 1. The molecule has 0 bridgehead atoms. The number of nitro benzene ring substituents is 1. The zero-order chi connectivity index (χ0) is 18.2. The molecule has 2 aromatic carbocycles. The minimum absolute atomic E-state index is 0.00770. The van der Waals surface area contributed by atoms with Crippen LogP contribution in [-0.2, 0) is 9.53 Å². The normalized spacial score (nSPS) is 10.8. The number of nitrogens with zero attached hydrogens (tertiary/aromatic N) is 2. The number of hydrogen-bond acceptors (Lipinski definition) is 6. The largest absolute Gasteiger partial charge is 0.482 e. The lowest BCUT2D eigenvalue weighted by Crippen LogP contribution is -2.18. The highest BCUT2D eigenvalue weighted by Crippen LogP contribution is 2.20. The zero-order valence-electron chi connectivity index (χ0n) is 13.9. The Morgan fingerprint density at radius 3 is 2.60 bits per heavy atom. The third-order valence-corrected chi connectivity index (χ3v) is 3.01. The average Bonchev–Trinajstić information content (AvgIpc) is 2.58. The van der Waals surface area contributed by atoms with Crippen LogP contribution < -0.4 is 4.74 Å². The number of aliphatic imine (C=N–C) groups is 1. The molecule has 2 rings (SSSR count). The van der Waals surface area contributed by atoms with Gasteiger partial charge >= 0.3 is 5.97 Å². The average molecular weight is 342 g/mol. The van der Waals surface area contributed by atoms with Gasteiger partial charge in [-0.2, -0.15) is 0 Å². The summed E-state index contributed by atoms with van der Waals surface area (Å²) in [7, 11) is 0. The maximum atomic E-state index is 11.4. The summed E-state index contributed by atoms with van der Waals surface area (Å²) in [4.78, 5) is 25.9. The molecule has 7 heteroatoms. The second kappa shape index (κ2) is 8.58. The van der Waals surface area contributed by atoms with Gasteiger partial charge in [0.15, 0.2) is 6.61 Å². The van der Waals surface area contributed by atoms with Crippen LogP contribution in [0.1, 0.15) is 19.4 Å². The predicted molar refractivity (Wildman–Crippen MR) is 93.5 cm³/mol. The molecule has 0 aliphatic carbocycles. The molecule has 0 saturated carbocycles.